The van der Waals surface area contributed by atoms with E-state index in [2.05, 4.69) is 10.2 Å². The number of nitrogens with one attached hydrogen (secondary N) is 1. The van der Waals surface area contributed by atoms with Crippen molar-refractivity contribution in [2.45, 2.75) is 64.6 Å². The number of thiophene rings is 1. The highest BCUT2D eigenvalue weighted by molar-refractivity contribution is 7.18. The minimum absolute atomic E-state index is 0.00669. The molecule has 1 amide bonds. The van der Waals surface area contributed by atoms with Crippen LogP contribution in [0.3, 0.4) is 0 Å². The van der Waals surface area contributed by atoms with Crippen molar-refractivity contribution in [1.29, 1.82) is 0 Å². The summed E-state index contributed by atoms with van der Waals surface area (Å²) in [4.78, 5) is 36.1. The molecule has 0 saturated carbocycles. The molecule has 168 valence electrons. The standard InChI is InChI=1S/C25H30N4O2S/c1-17(18-9-3-2-4-10-18)26-22(30)16-29-21(15-28-13-7-8-14-28)27-24-23(25(29)31)19-11-5-6-12-20(19)32-24/h2-4,9-10,17H,5-8,11-16H2,1H3,(H,26,30). The number of amides is 1. The summed E-state index contributed by atoms with van der Waals surface area (Å²) in [5, 5.41) is 3.81. The van der Waals surface area contributed by atoms with Crippen LogP contribution in [-0.2, 0) is 30.7 Å². The van der Waals surface area contributed by atoms with E-state index in [1.807, 2.05) is 37.3 Å². The van der Waals surface area contributed by atoms with Crippen molar-refractivity contribution < 1.29 is 4.79 Å². The summed E-state index contributed by atoms with van der Waals surface area (Å²) in [6, 6.07) is 9.78. The number of fused-ring (bicyclic) bond motifs is 3. The third-order valence-corrected chi connectivity index (χ3v) is 7.88. The maximum Gasteiger partial charge on any atom is 0.263 e. The predicted molar refractivity (Wildman–Crippen MR) is 128 cm³/mol. The molecule has 3 aromatic rings. The number of aromatic nitrogens is 2. The zero-order valence-electron chi connectivity index (χ0n) is 18.6. The van der Waals surface area contributed by atoms with Gasteiger partial charge in [0.2, 0.25) is 5.91 Å². The van der Waals surface area contributed by atoms with Crippen molar-refractivity contribution in [3.8, 4) is 0 Å². The molecule has 0 spiro atoms. The Balaban J connectivity index is 1.48. The average molecular weight is 451 g/mol. The van der Waals surface area contributed by atoms with E-state index in [0.29, 0.717) is 12.4 Å². The van der Waals surface area contributed by atoms with E-state index in [9.17, 15) is 9.59 Å². The smallest absolute Gasteiger partial charge is 0.263 e. The van der Waals surface area contributed by atoms with E-state index in [-0.39, 0.29) is 24.1 Å². The van der Waals surface area contributed by atoms with Crippen molar-refractivity contribution in [3.63, 3.8) is 0 Å². The summed E-state index contributed by atoms with van der Waals surface area (Å²) >= 11 is 1.68. The van der Waals surface area contributed by atoms with Gasteiger partial charge in [0.05, 0.1) is 18.0 Å². The summed E-state index contributed by atoms with van der Waals surface area (Å²) in [5.74, 6) is 0.557. The molecular weight excluding hydrogens is 420 g/mol. The molecule has 1 N–H and O–H groups in total. The van der Waals surface area contributed by atoms with E-state index >= 15 is 0 Å². The van der Waals surface area contributed by atoms with Gasteiger partial charge in [0.25, 0.3) is 5.56 Å². The maximum atomic E-state index is 13.7. The molecule has 1 aliphatic heterocycles. The monoisotopic (exact) mass is 450 g/mol. The minimum atomic E-state index is -0.156. The van der Waals surface area contributed by atoms with Crippen LogP contribution in [0.4, 0.5) is 0 Å². The highest BCUT2D eigenvalue weighted by Crippen LogP contribution is 2.34. The molecule has 1 atom stereocenters. The summed E-state index contributed by atoms with van der Waals surface area (Å²) < 4.78 is 1.63. The minimum Gasteiger partial charge on any atom is -0.348 e. The molecule has 2 aliphatic rings. The Morgan fingerprint density at radius 2 is 1.88 bits per heavy atom. The van der Waals surface area contributed by atoms with Gasteiger partial charge in [-0.1, -0.05) is 30.3 Å². The molecule has 3 heterocycles. The molecule has 7 heteroatoms. The van der Waals surface area contributed by atoms with Crippen molar-refractivity contribution in [2.75, 3.05) is 13.1 Å². The molecule has 0 bridgehead atoms. The first-order chi connectivity index (χ1) is 15.6. The van der Waals surface area contributed by atoms with Gasteiger partial charge >= 0.3 is 0 Å². The number of benzene rings is 1. The molecular formula is C25H30N4O2S. The lowest BCUT2D eigenvalue weighted by molar-refractivity contribution is -0.122. The zero-order chi connectivity index (χ0) is 22.1. The van der Waals surface area contributed by atoms with Crippen molar-refractivity contribution in [1.82, 2.24) is 19.8 Å². The SMILES string of the molecule is CC(NC(=O)Cn1c(CN2CCCC2)nc2sc3c(c2c1=O)CCCC3)c1ccccc1. The van der Waals surface area contributed by atoms with E-state index in [0.717, 1.165) is 48.1 Å². The quantitative estimate of drug-likeness (QED) is 0.620. The third kappa shape index (κ3) is 4.24. The van der Waals surface area contributed by atoms with Crippen LogP contribution >= 0.6 is 11.3 Å². The number of hydrogen-bond acceptors (Lipinski definition) is 5. The highest BCUT2D eigenvalue weighted by Gasteiger charge is 2.24. The van der Waals surface area contributed by atoms with Crippen LogP contribution in [0.25, 0.3) is 10.2 Å². The normalized spacial score (nSPS) is 17.4. The fourth-order valence-corrected chi connectivity index (χ4v) is 6.23. The van der Waals surface area contributed by atoms with Crippen LogP contribution in [0.1, 0.15) is 60.5 Å². The Kier molecular flexibility index (Phi) is 6.11. The van der Waals surface area contributed by atoms with Crippen molar-refractivity contribution in [3.05, 3.63) is 62.5 Å². The Morgan fingerprint density at radius 1 is 1.12 bits per heavy atom. The van der Waals surface area contributed by atoms with E-state index in [1.54, 1.807) is 15.9 Å². The van der Waals surface area contributed by atoms with Crippen LogP contribution in [0.2, 0.25) is 0 Å². The zero-order valence-corrected chi connectivity index (χ0v) is 19.4. The molecule has 6 nitrogen and oxygen atoms in total. The van der Waals surface area contributed by atoms with Gasteiger partial charge in [-0.25, -0.2) is 4.98 Å². The number of nitrogens with zero attached hydrogens (tertiary/aromatic N) is 3. The first-order valence-electron chi connectivity index (χ1n) is 11.7. The van der Waals surface area contributed by atoms with Gasteiger partial charge in [-0.2, -0.15) is 0 Å². The van der Waals surface area contributed by atoms with Crippen LogP contribution in [0.5, 0.6) is 0 Å². The van der Waals surface area contributed by atoms with Gasteiger partial charge in [-0.3, -0.25) is 19.1 Å². The van der Waals surface area contributed by atoms with Crippen LogP contribution in [-0.4, -0.2) is 33.4 Å². The Bertz CT molecular complexity index is 1180. The molecule has 1 saturated heterocycles. The predicted octanol–water partition coefficient (Wildman–Crippen LogP) is 3.81. The highest BCUT2D eigenvalue weighted by atomic mass is 32.1. The molecule has 1 fully saturated rings. The maximum absolute atomic E-state index is 13.7. The van der Waals surface area contributed by atoms with Gasteiger partial charge in [0.15, 0.2) is 0 Å². The molecule has 5 rings (SSSR count). The molecule has 0 radical (unpaired) electrons. The number of hydrogen-bond donors (Lipinski definition) is 1. The Labute approximate surface area is 192 Å². The second kappa shape index (κ2) is 9.16. The molecule has 2 aromatic heterocycles. The van der Waals surface area contributed by atoms with Gasteiger partial charge in [0.1, 0.15) is 17.2 Å². The van der Waals surface area contributed by atoms with Gasteiger partial charge in [-0.15, -0.1) is 11.3 Å². The van der Waals surface area contributed by atoms with E-state index < -0.39 is 0 Å². The largest absolute Gasteiger partial charge is 0.348 e. The number of carbonyl (C=O) groups is 1. The number of rotatable bonds is 6. The fourth-order valence-electron chi connectivity index (χ4n) is 4.96. The second-order valence-electron chi connectivity index (χ2n) is 8.99. The fraction of sp³-hybridized carbons (Fsp3) is 0.480. The third-order valence-electron chi connectivity index (χ3n) is 6.70. The van der Waals surface area contributed by atoms with E-state index in [1.165, 1.54) is 29.7 Å². The Hall–Kier alpha value is -2.51. The number of carbonyl (C=O) groups excluding carboxylic acids is 1. The van der Waals surface area contributed by atoms with Crippen LogP contribution in [0, 0.1) is 0 Å². The summed E-state index contributed by atoms with van der Waals surface area (Å²) in [6.45, 7) is 4.64. The van der Waals surface area contributed by atoms with Crippen molar-refractivity contribution >= 4 is 27.5 Å². The Morgan fingerprint density at radius 3 is 2.66 bits per heavy atom. The first-order valence-corrected chi connectivity index (χ1v) is 12.5. The van der Waals surface area contributed by atoms with Gasteiger partial charge in [0, 0.05) is 4.88 Å². The van der Waals surface area contributed by atoms with E-state index in [4.69, 9.17) is 4.98 Å². The number of likely N-dealkylation sites (tertiary alicyclic amines) is 1. The summed E-state index contributed by atoms with van der Waals surface area (Å²) in [5.41, 5.74) is 2.17. The number of aryl methyl sites for hydroxylation is 2. The topological polar surface area (TPSA) is 67.2 Å². The molecule has 32 heavy (non-hydrogen) atoms. The molecule has 1 aliphatic carbocycles. The average Bonchev–Trinajstić information content (AvgIpc) is 3.44. The molecule has 1 unspecified atom stereocenters. The van der Waals surface area contributed by atoms with Gasteiger partial charge < -0.3 is 5.32 Å². The van der Waals surface area contributed by atoms with Crippen molar-refractivity contribution in [2.24, 2.45) is 0 Å². The van der Waals surface area contributed by atoms with Gasteiger partial charge in [-0.05, 0) is 69.7 Å². The second-order valence-corrected chi connectivity index (χ2v) is 10.1. The lowest BCUT2D eigenvalue weighted by Crippen LogP contribution is -2.37. The van der Waals surface area contributed by atoms with Crippen LogP contribution in [0.15, 0.2) is 35.1 Å². The summed E-state index contributed by atoms with van der Waals surface area (Å²) in [7, 11) is 0. The lowest BCUT2D eigenvalue weighted by atomic mass is 9.97. The van der Waals surface area contributed by atoms with Crippen LogP contribution < -0.4 is 10.9 Å². The summed E-state index contributed by atoms with van der Waals surface area (Å²) in [6.07, 6.45) is 6.61. The first kappa shape index (κ1) is 21.3. The molecule has 1 aromatic carbocycles. The lowest BCUT2D eigenvalue weighted by Gasteiger charge is -2.19.